The predicted octanol–water partition coefficient (Wildman–Crippen LogP) is 1.74. The Bertz CT molecular complexity index is 991. The van der Waals surface area contributed by atoms with Crippen molar-refractivity contribution in [2.75, 3.05) is 26.0 Å². The van der Waals surface area contributed by atoms with E-state index in [1.807, 2.05) is 36.7 Å². The number of piperidine rings is 1. The van der Waals surface area contributed by atoms with E-state index in [0.717, 1.165) is 16.0 Å². The van der Waals surface area contributed by atoms with Gasteiger partial charge in [0.05, 0.1) is 23.5 Å². The first-order valence-corrected chi connectivity index (χ1v) is 11.2. The molecule has 0 bridgehead atoms. The van der Waals surface area contributed by atoms with Gasteiger partial charge in [0, 0.05) is 20.1 Å². The summed E-state index contributed by atoms with van der Waals surface area (Å²) in [6.45, 7) is 3.16. The van der Waals surface area contributed by atoms with Gasteiger partial charge >= 0.3 is 0 Å². The number of nitrogens with zero attached hydrogens (tertiary/aromatic N) is 3. The number of hydrogen-bond acceptors (Lipinski definition) is 5. The number of benzene rings is 1. The van der Waals surface area contributed by atoms with Crippen molar-refractivity contribution >= 4 is 37.5 Å². The fraction of sp³-hybridized carbons (Fsp3) is 0.529. The van der Waals surface area contributed by atoms with Gasteiger partial charge in [0.2, 0.25) is 10.0 Å². The molecule has 0 saturated carbocycles. The van der Waals surface area contributed by atoms with Crippen molar-refractivity contribution in [3.63, 3.8) is 0 Å². The molecule has 0 N–H and O–H groups in total. The van der Waals surface area contributed by atoms with E-state index in [0.29, 0.717) is 30.8 Å². The molecule has 142 valence electrons. The maximum Gasteiger partial charge on any atom is 0.252 e. The summed E-state index contributed by atoms with van der Waals surface area (Å²) in [4.78, 5) is 17.5. The summed E-state index contributed by atoms with van der Waals surface area (Å²) in [6, 6.07) is 5.79. The molecule has 0 radical (unpaired) electrons. The van der Waals surface area contributed by atoms with Gasteiger partial charge in [0.1, 0.15) is 11.3 Å². The number of amides is 1. The van der Waals surface area contributed by atoms with Gasteiger partial charge in [-0.1, -0.05) is 17.4 Å². The third kappa shape index (κ3) is 3.84. The van der Waals surface area contributed by atoms with Crippen LogP contribution in [0.3, 0.4) is 0 Å². The first kappa shape index (κ1) is 19.1. The minimum Gasteiger partial charge on any atom is -0.492 e. The third-order valence-corrected chi connectivity index (χ3v) is 6.86. The normalized spacial score (nSPS) is 19.8. The molecule has 1 aromatic heterocycles. The van der Waals surface area contributed by atoms with E-state index >= 15 is 0 Å². The van der Waals surface area contributed by atoms with Gasteiger partial charge in [-0.2, -0.15) is 4.99 Å². The Morgan fingerprint density at radius 1 is 1.42 bits per heavy atom. The van der Waals surface area contributed by atoms with Crippen molar-refractivity contribution in [3.05, 3.63) is 23.0 Å². The molecule has 1 aromatic carbocycles. The second kappa shape index (κ2) is 7.50. The van der Waals surface area contributed by atoms with Crippen molar-refractivity contribution in [3.8, 4) is 5.75 Å². The molecular formula is C17H23N3O4S2. The van der Waals surface area contributed by atoms with E-state index in [9.17, 15) is 13.2 Å². The van der Waals surface area contributed by atoms with Crippen LogP contribution in [-0.4, -0.2) is 49.1 Å². The number of hydrogen-bond donors (Lipinski definition) is 0. The molecule has 1 aliphatic heterocycles. The Balaban J connectivity index is 1.93. The summed E-state index contributed by atoms with van der Waals surface area (Å²) < 4.78 is 33.4. The lowest BCUT2D eigenvalue weighted by Crippen LogP contribution is -2.41. The number of carbonyl (C=O) groups excluding carboxylic acids is 1. The number of rotatable bonds is 4. The molecule has 1 fully saturated rings. The summed E-state index contributed by atoms with van der Waals surface area (Å²) >= 11 is 1.43. The highest BCUT2D eigenvalue weighted by atomic mass is 32.2. The summed E-state index contributed by atoms with van der Waals surface area (Å²) in [6.07, 6.45) is 2.51. The lowest BCUT2D eigenvalue weighted by Gasteiger charge is -2.28. The smallest absolute Gasteiger partial charge is 0.252 e. The van der Waals surface area contributed by atoms with Crippen LogP contribution in [0.15, 0.2) is 23.2 Å². The van der Waals surface area contributed by atoms with E-state index < -0.39 is 15.9 Å². The van der Waals surface area contributed by atoms with Gasteiger partial charge in [-0.3, -0.25) is 4.79 Å². The third-order valence-electron chi connectivity index (χ3n) is 4.49. The standard InChI is InChI=1S/C17H23N3O4S2/c1-4-24-13-8-5-9-14-15(13)19(2)17(25-14)18-16(21)12-7-6-10-20(11-12)26(3,22)23/h5,8-9,12H,4,6-7,10-11H2,1-3H3. The summed E-state index contributed by atoms with van der Waals surface area (Å²) in [7, 11) is -1.43. The fourth-order valence-electron chi connectivity index (χ4n) is 3.18. The maximum atomic E-state index is 12.7. The molecule has 2 aromatic rings. The topological polar surface area (TPSA) is 81.0 Å². The summed E-state index contributed by atoms with van der Waals surface area (Å²) in [5.74, 6) is 0.104. The van der Waals surface area contributed by atoms with Crippen LogP contribution in [0, 0.1) is 5.92 Å². The number of carbonyl (C=O) groups is 1. The van der Waals surface area contributed by atoms with Crippen molar-refractivity contribution < 1.29 is 17.9 Å². The molecule has 0 aliphatic carbocycles. The minimum absolute atomic E-state index is 0.208. The van der Waals surface area contributed by atoms with Crippen LogP contribution in [0.25, 0.3) is 10.2 Å². The Kier molecular flexibility index (Phi) is 5.50. The zero-order valence-electron chi connectivity index (χ0n) is 15.1. The number of sulfonamides is 1. The molecule has 1 aliphatic rings. The average Bonchev–Trinajstić information content (AvgIpc) is 2.91. The van der Waals surface area contributed by atoms with E-state index in [2.05, 4.69) is 4.99 Å². The average molecular weight is 398 g/mol. The molecule has 26 heavy (non-hydrogen) atoms. The van der Waals surface area contributed by atoms with Crippen LogP contribution in [0.1, 0.15) is 19.8 Å². The Labute approximate surface area is 157 Å². The van der Waals surface area contributed by atoms with Gasteiger partial charge in [-0.05, 0) is 31.9 Å². The number of thiazole rings is 1. The van der Waals surface area contributed by atoms with Gasteiger partial charge < -0.3 is 9.30 Å². The van der Waals surface area contributed by atoms with Crippen molar-refractivity contribution in [2.24, 2.45) is 18.0 Å². The highest BCUT2D eigenvalue weighted by Crippen LogP contribution is 2.27. The molecule has 3 rings (SSSR count). The molecule has 2 heterocycles. The van der Waals surface area contributed by atoms with Crippen LogP contribution in [0.4, 0.5) is 0 Å². The van der Waals surface area contributed by atoms with Gasteiger partial charge in [0.15, 0.2) is 4.80 Å². The Morgan fingerprint density at radius 3 is 2.88 bits per heavy atom. The van der Waals surface area contributed by atoms with Gasteiger partial charge in [-0.15, -0.1) is 0 Å². The quantitative estimate of drug-likeness (QED) is 0.787. The van der Waals surface area contributed by atoms with Gasteiger partial charge in [-0.25, -0.2) is 12.7 Å². The maximum absolute atomic E-state index is 12.7. The van der Waals surface area contributed by atoms with Gasteiger partial charge in [0.25, 0.3) is 5.91 Å². The molecule has 1 saturated heterocycles. The molecule has 7 nitrogen and oxygen atoms in total. The number of ether oxygens (including phenoxy) is 1. The van der Waals surface area contributed by atoms with Crippen LogP contribution in [0.5, 0.6) is 5.75 Å². The van der Waals surface area contributed by atoms with Crippen LogP contribution in [-0.2, 0) is 21.9 Å². The van der Waals surface area contributed by atoms with Crippen LogP contribution < -0.4 is 9.54 Å². The highest BCUT2D eigenvalue weighted by Gasteiger charge is 2.30. The number of aryl methyl sites for hydroxylation is 1. The number of aromatic nitrogens is 1. The summed E-state index contributed by atoms with van der Waals surface area (Å²) in [5.41, 5.74) is 0.910. The van der Waals surface area contributed by atoms with E-state index in [4.69, 9.17) is 4.74 Å². The van der Waals surface area contributed by atoms with Crippen molar-refractivity contribution in [1.82, 2.24) is 8.87 Å². The SMILES string of the molecule is CCOc1cccc2sc(=NC(=O)C3CCCN(S(C)(=O)=O)C3)n(C)c12. The highest BCUT2D eigenvalue weighted by molar-refractivity contribution is 7.88. The van der Waals surface area contributed by atoms with Crippen molar-refractivity contribution in [1.29, 1.82) is 0 Å². The molecule has 1 amide bonds. The molecule has 9 heteroatoms. The molecule has 1 atom stereocenters. The van der Waals surface area contributed by atoms with Crippen LogP contribution >= 0.6 is 11.3 Å². The molecular weight excluding hydrogens is 374 g/mol. The first-order chi connectivity index (χ1) is 12.3. The second-order valence-electron chi connectivity index (χ2n) is 6.39. The number of fused-ring (bicyclic) bond motifs is 1. The number of para-hydroxylation sites is 1. The lowest BCUT2D eigenvalue weighted by molar-refractivity contribution is -0.122. The van der Waals surface area contributed by atoms with E-state index in [-0.39, 0.29) is 12.5 Å². The predicted molar refractivity (Wildman–Crippen MR) is 102 cm³/mol. The van der Waals surface area contributed by atoms with E-state index in [1.54, 1.807) is 0 Å². The molecule has 1 unspecified atom stereocenters. The zero-order chi connectivity index (χ0) is 18.9. The minimum atomic E-state index is -3.29. The zero-order valence-corrected chi connectivity index (χ0v) is 16.8. The van der Waals surface area contributed by atoms with Crippen molar-refractivity contribution in [2.45, 2.75) is 19.8 Å². The van der Waals surface area contributed by atoms with Crippen LogP contribution in [0.2, 0.25) is 0 Å². The monoisotopic (exact) mass is 397 g/mol. The Morgan fingerprint density at radius 2 is 2.19 bits per heavy atom. The van der Waals surface area contributed by atoms with E-state index in [1.165, 1.54) is 21.9 Å². The lowest BCUT2D eigenvalue weighted by atomic mass is 9.99. The fourth-order valence-corrected chi connectivity index (χ4v) is 5.13. The Hall–Kier alpha value is -1.71. The first-order valence-electron chi connectivity index (χ1n) is 8.56. The molecule has 0 spiro atoms. The second-order valence-corrected chi connectivity index (χ2v) is 9.38. The largest absolute Gasteiger partial charge is 0.492 e. The summed E-state index contributed by atoms with van der Waals surface area (Å²) in [5, 5.41) is 0.